The number of aryl methyl sites for hydroxylation is 1. The SMILES string of the molecule is CCN(CC)CCCNC(=O)c1ccc(Nc2cccnc2)c(C)c1. The van der Waals surface area contributed by atoms with Crippen molar-refractivity contribution in [1.29, 1.82) is 0 Å². The Balaban J connectivity index is 1.87. The van der Waals surface area contributed by atoms with Gasteiger partial charge in [0.15, 0.2) is 0 Å². The molecule has 0 aliphatic rings. The molecule has 2 rings (SSSR count). The Morgan fingerprint density at radius 1 is 1.20 bits per heavy atom. The standard InChI is InChI=1S/C20H28N4O/c1-4-24(5-2)13-7-12-22-20(25)17-9-10-19(16(3)14-17)23-18-8-6-11-21-15-18/h6,8-11,14-15,23H,4-5,7,12-13H2,1-3H3,(H,22,25). The largest absolute Gasteiger partial charge is 0.354 e. The Labute approximate surface area is 150 Å². The Morgan fingerprint density at radius 3 is 2.64 bits per heavy atom. The number of carbonyl (C=O) groups excluding carboxylic acids is 1. The summed E-state index contributed by atoms with van der Waals surface area (Å²) in [7, 11) is 0. The van der Waals surface area contributed by atoms with E-state index in [4.69, 9.17) is 0 Å². The van der Waals surface area contributed by atoms with Gasteiger partial charge in [0, 0.05) is 24.0 Å². The van der Waals surface area contributed by atoms with Crippen LogP contribution in [0.5, 0.6) is 0 Å². The molecule has 0 aliphatic carbocycles. The lowest BCUT2D eigenvalue weighted by Gasteiger charge is -2.17. The van der Waals surface area contributed by atoms with Gasteiger partial charge in [-0.3, -0.25) is 9.78 Å². The molecule has 0 saturated heterocycles. The molecule has 2 aromatic rings. The molecule has 1 aromatic carbocycles. The average Bonchev–Trinajstić information content (AvgIpc) is 2.64. The second-order valence-electron chi connectivity index (χ2n) is 6.03. The fourth-order valence-electron chi connectivity index (χ4n) is 2.68. The third kappa shape index (κ3) is 5.87. The number of hydrogen-bond donors (Lipinski definition) is 2. The van der Waals surface area contributed by atoms with Crippen molar-refractivity contribution >= 4 is 17.3 Å². The van der Waals surface area contributed by atoms with E-state index in [1.165, 1.54) is 0 Å². The lowest BCUT2D eigenvalue weighted by molar-refractivity contribution is 0.0952. The van der Waals surface area contributed by atoms with Crippen molar-refractivity contribution in [3.05, 3.63) is 53.9 Å². The monoisotopic (exact) mass is 340 g/mol. The highest BCUT2D eigenvalue weighted by atomic mass is 16.1. The molecule has 0 saturated carbocycles. The van der Waals surface area contributed by atoms with Crippen LogP contribution in [0.15, 0.2) is 42.7 Å². The predicted molar refractivity (Wildman–Crippen MR) is 103 cm³/mol. The molecular weight excluding hydrogens is 312 g/mol. The van der Waals surface area contributed by atoms with E-state index in [0.717, 1.165) is 43.0 Å². The lowest BCUT2D eigenvalue weighted by Crippen LogP contribution is -2.29. The number of pyridine rings is 1. The van der Waals surface area contributed by atoms with Gasteiger partial charge in [0.2, 0.25) is 0 Å². The second-order valence-corrected chi connectivity index (χ2v) is 6.03. The van der Waals surface area contributed by atoms with Crippen LogP contribution in [0.2, 0.25) is 0 Å². The quantitative estimate of drug-likeness (QED) is 0.685. The van der Waals surface area contributed by atoms with E-state index in [2.05, 4.69) is 34.4 Å². The van der Waals surface area contributed by atoms with Gasteiger partial charge >= 0.3 is 0 Å². The molecule has 0 unspecified atom stereocenters. The highest BCUT2D eigenvalue weighted by Gasteiger charge is 2.08. The normalized spacial score (nSPS) is 10.7. The zero-order chi connectivity index (χ0) is 18.1. The van der Waals surface area contributed by atoms with Gasteiger partial charge in [-0.1, -0.05) is 13.8 Å². The number of carbonyl (C=O) groups is 1. The first-order valence-electron chi connectivity index (χ1n) is 8.92. The van der Waals surface area contributed by atoms with Gasteiger partial charge in [-0.2, -0.15) is 0 Å². The van der Waals surface area contributed by atoms with Gasteiger partial charge in [0.25, 0.3) is 5.91 Å². The van der Waals surface area contributed by atoms with Crippen LogP contribution < -0.4 is 10.6 Å². The van der Waals surface area contributed by atoms with Gasteiger partial charge in [0.05, 0.1) is 11.9 Å². The van der Waals surface area contributed by atoms with E-state index in [1.807, 2.05) is 37.3 Å². The Kier molecular flexibility index (Phi) is 7.41. The van der Waals surface area contributed by atoms with Crippen LogP contribution in [0.25, 0.3) is 0 Å². The molecular formula is C20H28N4O. The third-order valence-corrected chi connectivity index (χ3v) is 4.26. The van der Waals surface area contributed by atoms with Crippen molar-refractivity contribution in [2.45, 2.75) is 27.2 Å². The highest BCUT2D eigenvalue weighted by molar-refractivity contribution is 5.95. The van der Waals surface area contributed by atoms with E-state index >= 15 is 0 Å². The van der Waals surface area contributed by atoms with Crippen molar-refractivity contribution in [3.8, 4) is 0 Å². The molecule has 5 nitrogen and oxygen atoms in total. The number of hydrogen-bond acceptors (Lipinski definition) is 4. The van der Waals surface area contributed by atoms with Crippen LogP contribution in [0.3, 0.4) is 0 Å². The zero-order valence-electron chi connectivity index (χ0n) is 15.4. The van der Waals surface area contributed by atoms with Crippen molar-refractivity contribution in [2.24, 2.45) is 0 Å². The van der Waals surface area contributed by atoms with Crippen LogP contribution in [-0.2, 0) is 0 Å². The third-order valence-electron chi connectivity index (χ3n) is 4.26. The van der Waals surface area contributed by atoms with E-state index in [0.29, 0.717) is 12.1 Å². The number of nitrogens with one attached hydrogen (secondary N) is 2. The topological polar surface area (TPSA) is 57.3 Å². The molecule has 134 valence electrons. The number of aromatic nitrogens is 1. The summed E-state index contributed by atoms with van der Waals surface area (Å²) in [5.74, 6) is -0.0180. The molecule has 5 heteroatoms. The Hall–Kier alpha value is -2.40. The molecule has 0 bridgehead atoms. The summed E-state index contributed by atoms with van der Waals surface area (Å²) >= 11 is 0. The molecule has 1 aromatic heterocycles. The maximum absolute atomic E-state index is 12.3. The summed E-state index contributed by atoms with van der Waals surface area (Å²) in [6.07, 6.45) is 4.48. The maximum atomic E-state index is 12.3. The van der Waals surface area contributed by atoms with Crippen molar-refractivity contribution in [3.63, 3.8) is 0 Å². The molecule has 0 aliphatic heterocycles. The van der Waals surface area contributed by atoms with Gasteiger partial charge in [-0.05, 0) is 68.9 Å². The zero-order valence-corrected chi connectivity index (χ0v) is 15.4. The smallest absolute Gasteiger partial charge is 0.251 e. The second kappa shape index (κ2) is 9.79. The van der Waals surface area contributed by atoms with E-state index in [-0.39, 0.29) is 5.91 Å². The molecule has 0 atom stereocenters. The van der Waals surface area contributed by atoms with Crippen LogP contribution in [-0.4, -0.2) is 42.0 Å². The molecule has 0 radical (unpaired) electrons. The summed E-state index contributed by atoms with van der Waals surface area (Å²) < 4.78 is 0. The highest BCUT2D eigenvalue weighted by Crippen LogP contribution is 2.21. The van der Waals surface area contributed by atoms with Crippen LogP contribution in [0.1, 0.15) is 36.2 Å². The fraction of sp³-hybridized carbons (Fsp3) is 0.400. The number of anilines is 2. The molecule has 2 N–H and O–H groups in total. The summed E-state index contributed by atoms with van der Waals surface area (Å²) in [6, 6.07) is 9.55. The minimum Gasteiger partial charge on any atom is -0.354 e. The summed E-state index contributed by atoms with van der Waals surface area (Å²) in [5, 5.41) is 6.32. The van der Waals surface area contributed by atoms with Gasteiger partial charge in [-0.25, -0.2) is 0 Å². The first-order valence-corrected chi connectivity index (χ1v) is 8.92. The average molecular weight is 340 g/mol. The summed E-state index contributed by atoms with van der Waals surface area (Å²) in [5.41, 5.74) is 3.63. The molecule has 25 heavy (non-hydrogen) atoms. The Morgan fingerprint density at radius 2 is 2.00 bits per heavy atom. The van der Waals surface area contributed by atoms with Crippen molar-refractivity contribution < 1.29 is 4.79 Å². The summed E-state index contributed by atoms with van der Waals surface area (Å²) in [4.78, 5) is 18.7. The minimum absolute atomic E-state index is 0.0180. The van der Waals surface area contributed by atoms with Crippen LogP contribution in [0, 0.1) is 6.92 Å². The number of benzene rings is 1. The number of amides is 1. The predicted octanol–water partition coefficient (Wildman–Crippen LogP) is 3.60. The number of rotatable bonds is 9. The van der Waals surface area contributed by atoms with Crippen LogP contribution in [0.4, 0.5) is 11.4 Å². The first-order chi connectivity index (χ1) is 12.1. The van der Waals surface area contributed by atoms with Crippen molar-refractivity contribution in [2.75, 3.05) is 31.5 Å². The molecule has 0 fully saturated rings. The number of nitrogens with zero attached hydrogens (tertiary/aromatic N) is 2. The maximum Gasteiger partial charge on any atom is 0.251 e. The lowest BCUT2D eigenvalue weighted by atomic mass is 10.1. The van der Waals surface area contributed by atoms with E-state index in [9.17, 15) is 4.79 Å². The minimum atomic E-state index is -0.0180. The first kappa shape index (κ1) is 18.9. The van der Waals surface area contributed by atoms with Gasteiger partial charge < -0.3 is 15.5 Å². The molecule has 1 amide bonds. The van der Waals surface area contributed by atoms with Gasteiger partial charge in [0.1, 0.15) is 0 Å². The van der Waals surface area contributed by atoms with Crippen LogP contribution >= 0.6 is 0 Å². The summed E-state index contributed by atoms with van der Waals surface area (Å²) in [6.45, 7) is 10.1. The van der Waals surface area contributed by atoms with Gasteiger partial charge in [-0.15, -0.1) is 0 Å². The molecule has 0 spiro atoms. The van der Waals surface area contributed by atoms with E-state index in [1.54, 1.807) is 12.4 Å². The van der Waals surface area contributed by atoms with Crippen molar-refractivity contribution in [1.82, 2.24) is 15.2 Å². The molecule has 1 heterocycles. The Bertz CT molecular complexity index is 669. The fourth-order valence-corrected chi connectivity index (χ4v) is 2.68. The van der Waals surface area contributed by atoms with E-state index < -0.39 is 0 Å².